The molecule has 2 N–H and O–H groups in total. The lowest BCUT2D eigenvalue weighted by Gasteiger charge is -2.17. The summed E-state index contributed by atoms with van der Waals surface area (Å²) in [6.45, 7) is -0.101. The van der Waals surface area contributed by atoms with Crippen LogP contribution in [-0.2, 0) is 9.59 Å². The molecule has 1 aromatic rings. The summed E-state index contributed by atoms with van der Waals surface area (Å²) in [5.41, 5.74) is 0.545. The van der Waals surface area contributed by atoms with Gasteiger partial charge in [0.25, 0.3) is 0 Å². The van der Waals surface area contributed by atoms with Gasteiger partial charge in [-0.05, 0) is 30.4 Å². The van der Waals surface area contributed by atoms with E-state index in [1.165, 1.54) is 11.1 Å². The SMILES string of the molecule is O=C(NCN1C(=O)C2C3C=CC(C3)C2C1=O)Nc1cccnc1. The highest BCUT2D eigenvalue weighted by molar-refractivity contribution is 6.06. The minimum atomic E-state index is -0.475. The number of hydrogen-bond acceptors (Lipinski definition) is 4. The predicted molar refractivity (Wildman–Crippen MR) is 80.8 cm³/mol. The van der Waals surface area contributed by atoms with E-state index in [1.807, 2.05) is 12.2 Å². The molecule has 7 heteroatoms. The summed E-state index contributed by atoms with van der Waals surface area (Å²) >= 11 is 0. The third kappa shape index (κ3) is 2.19. The normalized spacial score (nSPS) is 30.7. The zero-order valence-corrected chi connectivity index (χ0v) is 12.3. The standard InChI is InChI=1S/C16H16N4O3/c21-14-12-9-3-4-10(6-9)13(12)15(22)20(14)8-18-16(23)19-11-2-1-5-17-7-11/h1-5,7,9-10,12-13H,6,8H2,(H2,18,19,23). The number of pyridine rings is 1. The summed E-state index contributed by atoms with van der Waals surface area (Å²) in [6, 6.07) is 2.93. The van der Waals surface area contributed by atoms with Crippen molar-refractivity contribution in [1.29, 1.82) is 0 Å². The maximum absolute atomic E-state index is 12.4. The molecule has 2 heterocycles. The van der Waals surface area contributed by atoms with Crippen LogP contribution in [0.25, 0.3) is 0 Å². The second-order valence-electron chi connectivity index (χ2n) is 6.14. The lowest BCUT2D eigenvalue weighted by Crippen LogP contribution is -2.43. The van der Waals surface area contributed by atoms with E-state index in [1.54, 1.807) is 18.3 Å². The second kappa shape index (κ2) is 5.19. The fraction of sp³-hybridized carbons (Fsp3) is 0.375. The average molecular weight is 312 g/mol. The van der Waals surface area contributed by atoms with Crippen LogP contribution in [-0.4, -0.2) is 34.4 Å². The van der Waals surface area contributed by atoms with Gasteiger partial charge >= 0.3 is 6.03 Å². The Morgan fingerprint density at radius 2 is 1.91 bits per heavy atom. The molecule has 1 saturated carbocycles. The Morgan fingerprint density at radius 1 is 1.22 bits per heavy atom. The lowest BCUT2D eigenvalue weighted by atomic mass is 9.85. The molecule has 2 aliphatic carbocycles. The molecule has 4 amide bonds. The molecule has 23 heavy (non-hydrogen) atoms. The number of aromatic nitrogens is 1. The second-order valence-corrected chi connectivity index (χ2v) is 6.14. The average Bonchev–Trinajstić information content (AvgIpc) is 3.22. The number of nitrogens with zero attached hydrogens (tertiary/aromatic N) is 2. The number of amides is 4. The summed E-state index contributed by atoms with van der Waals surface area (Å²) < 4.78 is 0. The number of carbonyl (C=O) groups excluding carboxylic acids is 3. The number of hydrogen-bond donors (Lipinski definition) is 2. The topological polar surface area (TPSA) is 91.4 Å². The molecule has 1 saturated heterocycles. The Morgan fingerprint density at radius 3 is 2.52 bits per heavy atom. The van der Waals surface area contributed by atoms with Gasteiger partial charge in [0.1, 0.15) is 6.67 Å². The van der Waals surface area contributed by atoms with Gasteiger partial charge in [-0.25, -0.2) is 4.79 Å². The van der Waals surface area contributed by atoms with Crippen molar-refractivity contribution in [2.24, 2.45) is 23.7 Å². The van der Waals surface area contributed by atoms with E-state index in [-0.39, 0.29) is 42.2 Å². The van der Waals surface area contributed by atoms with E-state index >= 15 is 0 Å². The van der Waals surface area contributed by atoms with Crippen LogP contribution in [0.15, 0.2) is 36.7 Å². The maximum Gasteiger partial charge on any atom is 0.320 e. The summed E-state index contributed by atoms with van der Waals surface area (Å²) in [4.78, 5) is 41.8. The molecule has 118 valence electrons. The first-order valence-electron chi connectivity index (χ1n) is 7.63. The summed E-state index contributed by atoms with van der Waals surface area (Å²) in [7, 11) is 0. The highest BCUT2D eigenvalue weighted by atomic mass is 16.2. The highest BCUT2D eigenvalue weighted by Gasteiger charge is 2.59. The molecule has 3 aliphatic rings. The van der Waals surface area contributed by atoms with Crippen molar-refractivity contribution in [2.75, 3.05) is 12.0 Å². The van der Waals surface area contributed by atoms with Gasteiger partial charge in [0.15, 0.2) is 0 Å². The maximum atomic E-state index is 12.4. The zero-order valence-electron chi connectivity index (χ0n) is 12.3. The van der Waals surface area contributed by atoms with Gasteiger partial charge in [-0.15, -0.1) is 0 Å². The van der Waals surface area contributed by atoms with Crippen LogP contribution in [0.5, 0.6) is 0 Å². The molecule has 1 aromatic heterocycles. The monoisotopic (exact) mass is 312 g/mol. The molecule has 0 aromatic carbocycles. The zero-order chi connectivity index (χ0) is 16.0. The first kappa shape index (κ1) is 13.9. The summed E-state index contributed by atoms with van der Waals surface area (Å²) in [5, 5.41) is 5.16. The van der Waals surface area contributed by atoms with Crippen LogP contribution in [0.4, 0.5) is 10.5 Å². The Bertz CT molecular complexity index is 673. The number of anilines is 1. The number of likely N-dealkylation sites (tertiary alicyclic amines) is 1. The van der Waals surface area contributed by atoms with Gasteiger partial charge in [-0.3, -0.25) is 19.5 Å². The van der Waals surface area contributed by atoms with Crippen molar-refractivity contribution in [3.05, 3.63) is 36.7 Å². The first-order chi connectivity index (χ1) is 11.1. The molecule has 2 bridgehead atoms. The number of urea groups is 1. The third-order valence-electron chi connectivity index (χ3n) is 4.88. The van der Waals surface area contributed by atoms with Crippen LogP contribution in [0.2, 0.25) is 0 Å². The molecule has 0 radical (unpaired) electrons. The van der Waals surface area contributed by atoms with Crippen LogP contribution in [0, 0.1) is 23.7 Å². The molecule has 4 atom stereocenters. The van der Waals surface area contributed by atoms with Gasteiger partial charge in [0, 0.05) is 6.20 Å². The molecular formula is C16H16N4O3. The van der Waals surface area contributed by atoms with Crippen molar-refractivity contribution in [3.63, 3.8) is 0 Å². The number of fused-ring (bicyclic) bond motifs is 5. The number of imide groups is 1. The molecule has 7 nitrogen and oxygen atoms in total. The fourth-order valence-electron chi connectivity index (χ4n) is 3.88. The van der Waals surface area contributed by atoms with Crippen molar-refractivity contribution >= 4 is 23.5 Å². The van der Waals surface area contributed by atoms with Crippen molar-refractivity contribution in [2.45, 2.75) is 6.42 Å². The van der Waals surface area contributed by atoms with E-state index in [4.69, 9.17) is 0 Å². The summed E-state index contributed by atoms with van der Waals surface area (Å²) in [5.74, 6) is -0.454. The number of rotatable bonds is 3. The molecule has 4 unspecified atom stereocenters. The van der Waals surface area contributed by atoms with E-state index in [9.17, 15) is 14.4 Å². The van der Waals surface area contributed by atoms with Gasteiger partial charge in [0.05, 0.1) is 23.7 Å². The first-order valence-corrected chi connectivity index (χ1v) is 7.63. The van der Waals surface area contributed by atoms with Crippen molar-refractivity contribution < 1.29 is 14.4 Å². The summed E-state index contributed by atoms with van der Waals surface area (Å²) in [6.07, 6.45) is 8.10. The van der Waals surface area contributed by atoms with Crippen molar-refractivity contribution in [1.82, 2.24) is 15.2 Å². The minimum Gasteiger partial charge on any atom is -0.320 e. The minimum absolute atomic E-state index is 0.101. The van der Waals surface area contributed by atoms with Gasteiger partial charge < -0.3 is 10.6 Å². The predicted octanol–water partition coefficient (Wildman–Crippen LogP) is 0.968. The largest absolute Gasteiger partial charge is 0.320 e. The Hall–Kier alpha value is -2.70. The Kier molecular flexibility index (Phi) is 3.14. The van der Waals surface area contributed by atoms with Gasteiger partial charge in [0.2, 0.25) is 11.8 Å². The van der Waals surface area contributed by atoms with Gasteiger partial charge in [-0.1, -0.05) is 12.2 Å². The van der Waals surface area contributed by atoms with Crippen LogP contribution in [0.1, 0.15) is 6.42 Å². The van der Waals surface area contributed by atoms with E-state index < -0.39 is 6.03 Å². The molecule has 2 fully saturated rings. The lowest BCUT2D eigenvalue weighted by molar-refractivity contribution is -0.140. The third-order valence-corrected chi connectivity index (χ3v) is 4.88. The highest BCUT2D eigenvalue weighted by Crippen LogP contribution is 2.52. The van der Waals surface area contributed by atoms with E-state index in [0.717, 1.165) is 6.42 Å². The van der Waals surface area contributed by atoms with E-state index in [2.05, 4.69) is 15.6 Å². The van der Waals surface area contributed by atoms with Crippen molar-refractivity contribution in [3.8, 4) is 0 Å². The molecular weight excluding hydrogens is 296 g/mol. The quantitative estimate of drug-likeness (QED) is 0.642. The Balaban J connectivity index is 1.38. The molecule has 0 spiro atoms. The van der Waals surface area contributed by atoms with Crippen LogP contribution >= 0.6 is 0 Å². The Labute approximate surface area is 132 Å². The number of nitrogens with one attached hydrogen (secondary N) is 2. The molecule has 4 rings (SSSR count). The number of allylic oxidation sites excluding steroid dienone is 2. The fourth-order valence-corrected chi connectivity index (χ4v) is 3.88. The molecule has 1 aliphatic heterocycles. The van der Waals surface area contributed by atoms with Gasteiger partial charge in [-0.2, -0.15) is 0 Å². The number of carbonyl (C=O) groups is 3. The van der Waals surface area contributed by atoms with E-state index in [0.29, 0.717) is 5.69 Å². The smallest absolute Gasteiger partial charge is 0.320 e. The van der Waals surface area contributed by atoms with Crippen LogP contribution < -0.4 is 10.6 Å². The van der Waals surface area contributed by atoms with Crippen LogP contribution in [0.3, 0.4) is 0 Å².